The first-order chi connectivity index (χ1) is 21.4. The van der Waals surface area contributed by atoms with Gasteiger partial charge in [0.05, 0.1) is 23.8 Å². The van der Waals surface area contributed by atoms with Crippen LogP contribution in [0.1, 0.15) is 53.4 Å². The number of aromatic nitrogens is 1. The van der Waals surface area contributed by atoms with Gasteiger partial charge < -0.3 is 23.7 Å². The van der Waals surface area contributed by atoms with Crippen LogP contribution in [0.5, 0.6) is 0 Å². The van der Waals surface area contributed by atoms with Gasteiger partial charge in [0.1, 0.15) is 18.3 Å². The molecule has 2 heterocycles. The van der Waals surface area contributed by atoms with Gasteiger partial charge in [-0.1, -0.05) is 54.6 Å². The van der Waals surface area contributed by atoms with Crippen molar-refractivity contribution in [3.8, 4) is 0 Å². The Morgan fingerprint density at radius 3 is 1.66 bits per heavy atom. The first-order valence-corrected chi connectivity index (χ1v) is 13.9. The third-order valence-electron chi connectivity index (χ3n) is 7.06. The number of hydrogen-bond donors (Lipinski definition) is 0. The van der Waals surface area contributed by atoms with E-state index in [1.165, 1.54) is 13.3 Å². The van der Waals surface area contributed by atoms with E-state index in [4.69, 9.17) is 23.7 Å². The van der Waals surface area contributed by atoms with Crippen molar-refractivity contribution in [2.45, 2.75) is 31.5 Å². The molecule has 1 saturated heterocycles. The fraction of sp³-hybridized carbons (Fsp3) is 0.206. The van der Waals surface area contributed by atoms with Crippen molar-refractivity contribution in [1.82, 2.24) is 0 Å². The Bertz CT molecular complexity index is 1630. The van der Waals surface area contributed by atoms with Crippen LogP contribution >= 0.6 is 0 Å². The SMILES string of the molecule is COC(=O)c1ccc(C)[n+]([C@H]2O[C@@H](COC(=O)c3ccccc3)[C@@H](OC(=O)c3ccccc3)[C@@H]2OC(=O)c2ccccc2)c1. The number of esters is 4. The van der Waals surface area contributed by atoms with Crippen LogP contribution in [-0.2, 0) is 23.7 Å². The maximum atomic E-state index is 13.4. The largest absolute Gasteiger partial charge is 0.465 e. The molecule has 0 spiro atoms. The molecule has 1 aliphatic rings. The number of hydrogen-bond acceptors (Lipinski definition) is 9. The molecule has 0 radical (unpaired) electrons. The Morgan fingerprint density at radius 1 is 0.636 bits per heavy atom. The number of carbonyl (C=O) groups excluding carboxylic acids is 4. The number of methoxy groups -OCH3 is 1. The van der Waals surface area contributed by atoms with Crippen molar-refractivity contribution in [3.63, 3.8) is 0 Å². The predicted octanol–water partition coefficient (Wildman–Crippen LogP) is 4.27. The van der Waals surface area contributed by atoms with Crippen LogP contribution in [0.15, 0.2) is 109 Å². The monoisotopic (exact) mass is 596 g/mol. The molecule has 224 valence electrons. The van der Waals surface area contributed by atoms with E-state index in [2.05, 4.69) is 0 Å². The van der Waals surface area contributed by atoms with Gasteiger partial charge in [-0.25, -0.2) is 19.2 Å². The summed E-state index contributed by atoms with van der Waals surface area (Å²) in [6.07, 6.45) is -3.06. The molecule has 44 heavy (non-hydrogen) atoms. The lowest BCUT2D eigenvalue weighted by Gasteiger charge is -2.23. The lowest BCUT2D eigenvalue weighted by atomic mass is 10.1. The molecule has 0 saturated carbocycles. The molecule has 0 bridgehead atoms. The number of aryl methyl sites for hydroxylation is 1. The molecular weight excluding hydrogens is 566 g/mol. The summed E-state index contributed by atoms with van der Waals surface area (Å²) in [7, 11) is 1.26. The van der Waals surface area contributed by atoms with Gasteiger partial charge in [0.25, 0.3) is 0 Å². The molecule has 4 atom stereocenters. The van der Waals surface area contributed by atoms with Crippen LogP contribution < -0.4 is 4.57 Å². The van der Waals surface area contributed by atoms with E-state index in [0.29, 0.717) is 11.3 Å². The normalized spacial score (nSPS) is 19.0. The van der Waals surface area contributed by atoms with E-state index >= 15 is 0 Å². The average molecular weight is 597 g/mol. The Labute approximate surface area is 253 Å². The summed E-state index contributed by atoms with van der Waals surface area (Å²) in [6, 6.07) is 28.3. The van der Waals surface area contributed by atoms with E-state index in [9.17, 15) is 19.2 Å². The maximum Gasteiger partial charge on any atom is 0.343 e. The highest BCUT2D eigenvalue weighted by Crippen LogP contribution is 2.33. The summed E-state index contributed by atoms with van der Waals surface area (Å²) < 4.78 is 30.4. The average Bonchev–Trinajstić information content (AvgIpc) is 3.40. The van der Waals surface area contributed by atoms with Crippen molar-refractivity contribution >= 4 is 23.9 Å². The van der Waals surface area contributed by atoms with Crippen LogP contribution in [0.3, 0.4) is 0 Å². The molecule has 1 aliphatic heterocycles. The quantitative estimate of drug-likeness (QED) is 0.159. The third-order valence-corrected chi connectivity index (χ3v) is 7.06. The van der Waals surface area contributed by atoms with Crippen LogP contribution in [-0.4, -0.2) is 55.9 Å². The smallest absolute Gasteiger partial charge is 0.343 e. The Balaban J connectivity index is 1.53. The Kier molecular flexibility index (Phi) is 9.41. The highest BCUT2D eigenvalue weighted by Gasteiger charge is 2.55. The van der Waals surface area contributed by atoms with Crippen molar-refractivity contribution in [3.05, 3.63) is 137 Å². The summed E-state index contributed by atoms with van der Waals surface area (Å²) in [6.45, 7) is 1.45. The lowest BCUT2D eigenvalue weighted by Crippen LogP contribution is -2.50. The summed E-state index contributed by atoms with van der Waals surface area (Å²) >= 11 is 0. The van der Waals surface area contributed by atoms with Crippen molar-refractivity contribution < 1.29 is 47.4 Å². The molecule has 3 aromatic carbocycles. The second-order valence-electron chi connectivity index (χ2n) is 9.96. The van der Waals surface area contributed by atoms with Gasteiger partial charge >= 0.3 is 30.1 Å². The fourth-order valence-electron chi connectivity index (χ4n) is 4.79. The maximum absolute atomic E-state index is 13.4. The zero-order valence-corrected chi connectivity index (χ0v) is 24.0. The standard InChI is InChI=1S/C34H30NO9/c1-22-18-19-26(31(36)40-2)20-35(22)30-29(44-34(39)25-16-10-5-11-17-25)28(43-33(38)24-14-8-4-9-15-24)27(42-30)21-41-32(37)23-12-6-3-7-13-23/h3-20,27-30H,21H2,1-2H3/q+1/t27-,28+,29-,30-/m0/s1. The number of rotatable bonds is 9. The van der Waals surface area contributed by atoms with Gasteiger partial charge in [0.2, 0.25) is 6.10 Å². The fourth-order valence-corrected chi connectivity index (χ4v) is 4.79. The van der Waals surface area contributed by atoms with E-state index < -0.39 is 48.4 Å². The van der Waals surface area contributed by atoms with E-state index in [1.54, 1.807) is 115 Å². The van der Waals surface area contributed by atoms with Crippen LogP contribution in [0.4, 0.5) is 0 Å². The molecule has 1 fully saturated rings. The summed E-state index contributed by atoms with van der Waals surface area (Å²) in [4.78, 5) is 51.9. The Morgan fingerprint density at radius 2 is 1.14 bits per heavy atom. The van der Waals surface area contributed by atoms with Crippen molar-refractivity contribution in [1.29, 1.82) is 0 Å². The minimum Gasteiger partial charge on any atom is -0.465 e. The van der Waals surface area contributed by atoms with E-state index in [1.807, 2.05) is 0 Å². The van der Waals surface area contributed by atoms with E-state index in [-0.39, 0.29) is 23.3 Å². The van der Waals surface area contributed by atoms with Gasteiger partial charge in [-0.15, -0.1) is 0 Å². The summed E-state index contributed by atoms with van der Waals surface area (Å²) in [5, 5.41) is 0. The molecule has 0 unspecified atom stereocenters. The molecule has 0 amide bonds. The molecule has 10 nitrogen and oxygen atoms in total. The molecule has 10 heteroatoms. The first-order valence-electron chi connectivity index (χ1n) is 13.9. The third kappa shape index (κ3) is 6.82. The van der Waals surface area contributed by atoms with Crippen molar-refractivity contribution in [2.24, 2.45) is 0 Å². The van der Waals surface area contributed by atoms with Gasteiger partial charge in [0.15, 0.2) is 18.0 Å². The van der Waals surface area contributed by atoms with Crippen LogP contribution in [0.2, 0.25) is 0 Å². The van der Waals surface area contributed by atoms with Gasteiger partial charge in [-0.05, 0) is 42.5 Å². The number of pyridine rings is 1. The van der Waals surface area contributed by atoms with Crippen LogP contribution in [0.25, 0.3) is 0 Å². The number of nitrogens with zero attached hydrogens (tertiary/aromatic N) is 1. The number of ether oxygens (including phenoxy) is 5. The topological polar surface area (TPSA) is 118 Å². The van der Waals surface area contributed by atoms with Gasteiger partial charge in [-0.2, -0.15) is 4.57 Å². The minimum absolute atomic E-state index is 0.214. The highest BCUT2D eigenvalue weighted by atomic mass is 16.7. The zero-order valence-electron chi connectivity index (χ0n) is 24.0. The Hall–Kier alpha value is -5.35. The molecule has 0 aliphatic carbocycles. The highest BCUT2D eigenvalue weighted by molar-refractivity contribution is 5.91. The zero-order chi connectivity index (χ0) is 31.1. The lowest BCUT2D eigenvalue weighted by molar-refractivity contribution is -0.770. The summed E-state index contributed by atoms with van der Waals surface area (Å²) in [5.74, 6) is -2.57. The van der Waals surface area contributed by atoms with Gasteiger partial charge in [-0.3, -0.25) is 0 Å². The number of benzene rings is 3. The molecule has 5 rings (SSSR count). The van der Waals surface area contributed by atoms with E-state index in [0.717, 1.165) is 0 Å². The van der Waals surface area contributed by atoms with Crippen molar-refractivity contribution in [2.75, 3.05) is 13.7 Å². The second-order valence-corrected chi connectivity index (χ2v) is 9.96. The first kappa shape index (κ1) is 30.1. The minimum atomic E-state index is -1.22. The molecule has 1 aromatic heterocycles. The molecular formula is C34H30NO9+. The second kappa shape index (κ2) is 13.7. The molecule has 0 N–H and O–H groups in total. The predicted molar refractivity (Wildman–Crippen MR) is 155 cm³/mol. The number of carbonyl (C=O) groups is 4. The van der Waals surface area contributed by atoms with Gasteiger partial charge in [0, 0.05) is 13.0 Å². The van der Waals surface area contributed by atoms with Crippen LogP contribution in [0, 0.1) is 6.92 Å². The summed E-state index contributed by atoms with van der Waals surface area (Å²) in [5.41, 5.74) is 1.71. The molecule has 4 aromatic rings.